The summed E-state index contributed by atoms with van der Waals surface area (Å²) in [6.45, 7) is 2.48. The summed E-state index contributed by atoms with van der Waals surface area (Å²) in [6.07, 6.45) is 0. The third-order valence-electron chi connectivity index (χ3n) is 2.46. The number of sulfonamides is 1. The molecule has 0 atom stereocenters. The van der Waals surface area contributed by atoms with Gasteiger partial charge in [0.25, 0.3) is 15.6 Å². The number of H-pyrrole nitrogens is 1. The SMILES string of the molecule is CCNc1ccccc1S(=O)(=O)Nc1ccc(=O)[nH]n1. The van der Waals surface area contributed by atoms with Crippen molar-refractivity contribution in [1.82, 2.24) is 10.2 Å². The molecule has 8 heteroatoms. The van der Waals surface area contributed by atoms with E-state index in [0.29, 0.717) is 12.2 Å². The normalized spacial score (nSPS) is 11.1. The summed E-state index contributed by atoms with van der Waals surface area (Å²) in [5.41, 5.74) is 0.105. The molecule has 1 aromatic carbocycles. The molecule has 0 saturated heterocycles. The number of benzene rings is 1. The van der Waals surface area contributed by atoms with Crippen molar-refractivity contribution in [2.75, 3.05) is 16.6 Å². The van der Waals surface area contributed by atoms with Crippen LogP contribution in [0.3, 0.4) is 0 Å². The maximum Gasteiger partial charge on any atom is 0.265 e. The molecule has 106 valence electrons. The number of anilines is 2. The van der Waals surface area contributed by atoms with Crippen LogP contribution in [0.5, 0.6) is 0 Å². The molecule has 1 heterocycles. The lowest BCUT2D eigenvalue weighted by Crippen LogP contribution is -2.17. The lowest BCUT2D eigenvalue weighted by atomic mass is 10.3. The van der Waals surface area contributed by atoms with Crippen LogP contribution in [0.15, 0.2) is 46.1 Å². The molecule has 0 spiro atoms. The van der Waals surface area contributed by atoms with Gasteiger partial charge in [-0.3, -0.25) is 9.52 Å². The Labute approximate surface area is 116 Å². The predicted molar refractivity (Wildman–Crippen MR) is 76.3 cm³/mol. The smallest absolute Gasteiger partial charge is 0.265 e. The van der Waals surface area contributed by atoms with Crippen LogP contribution in [-0.2, 0) is 10.0 Å². The Balaban J connectivity index is 2.35. The van der Waals surface area contributed by atoms with Crippen LogP contribution in [-0.4, -0.2) is 25.2 Å². The number of aromatic amines is 1. The third-order valence-corrected chi connectivity index (χ3v) is 3.87. The van der Waals surface area contributed by atoms with Gasteiger partial charge in [-0.1, -0.05) is 12.1 Å². The molecular weight excluding hydrogens is 280 g/mol. The molecule has 20 heavy (non-hydrogen) atoms. The average molecular weight is 294 g/mol. The van der Waals surface area contributed by atoms with Gasteiger partial charge in [0.1, 0.15) is 4.90 Å². The van der Waals surface area contributed by atoms with Gasteiger partial charge in [0.05, 0.1) is 5.69 Å². The molecule has 0 saturated carbocycles. The molecule has 0 fully saturated rings. The van der Waals surface area contributed by atoms with Gasteiger partial charge >= 0.3 is 0 Å². The monoisotopic (exact) mass is 294 g/mol. The van der Waals surface area contributed by atoms with Gasteiger partial charge in [0.2, 0.25) is 0 Å². The van der Waals surface area contributed by atoms with Gasteiger partial charge < -0.3 is 5.32 Å². The number of para-hydroxylation sites is 1. The number of hydrogen-bond donors (Lipinski definition) is 3. The van der Waals surface area contributed by atoms with Crippen LogP contribution >= 0.6 is 0 Å². The second kappa shape index (κ2) is 5.74. The molecule has 0 radical (unpaired) electrons. The highest BCUT2D eigenvalue weighted by Crippen LogP contribution is 2.22. The highest BCUT2D eigenvalue weighted by Gasteiger charge is 2.18. The van der Waals surface area contributed by atoms with E-state index in [4.69, 9.17) is 0 Å². The van der Waals surface area contributed by atoms with E-state index in [1.54, 1.807) is 18.2 Å². The van der Waals surface area contributed by atoms with Gasteiger partial charge in [-0.2, -0.15) is 5.10 Å². The molecular formula is C12H14N4O3S. The van der Waals surface area contributed by atoms with E-state index in [2.05, 4.69) is 20.2 Å². The van der Waals surface area contributed by atoms with E-state index in [1.165, 1.54) is 18.2 Å². The fourth-order valence-corrected chi connectivity index (χ4v) is 2.82. The molecule has 0 aliphatic carbocycles. The number of hydrogen-bond acceptors (Lipinski definition) is 5. The van der Waals surface area contributed by atoms with Gasteiger partial charge in [0.15, 0.2) is 5.82 Å². The Morgan fingerprint density at radius 3 is 2.60 bits per heavy atom. The van der Waals surface area contributed by atoms with Crippen molar-refractivity contribution in [3.05, 3.63) is 46.8 Å². The molecule has 2 aromatic rings. The van der Waals surface area contributed by atoms with Gasteiger partial charge in [-0.05, 0) is 25.1 Å². The minimum atomic E-state index is -3.78. The summed E-state index contributed by atoms with van der Waals surface area (Å²) in [6, 6.07) is 9.04. The van der Waals surface area contributed by atoms with Crippen molar-refractivity contribution in [2.45, 2.75) is 11.8 Å². The average Bonchev–Trinajstić information content (AvgIpc) is 2.42. The number of nitrogens with one attached hydrogen (secondary N) is 3. The Bertz CT molecular complexity index is 735. The summed E-state index contributed by atoms with van der Waals surface area (Å²) < 4.78 is 26.9. The van der Waals surface area contributed by atoms with Crippen molar-refractivity contribution in [2.24, 2.45) is 0 Å². The molecule has 0 bridgehead atoms. The van der Waals surface area contributed by atoms with E-state index in [9.17, 15) is 13.2 Å². The minimum Gasteiger partial charge on any atom is -0.384 e. The van der Waals surface area contributed by atoms with Gasteiger partial charge in [0, 0.05) is 12.6 Å². The van der Waals surface area contributed by atoms with Crippen molar-refractivity contribution in [1.29, 1.82) is 0 Å². The highest BCUT2D eigenvalue weighted by molar-refractivity contribution is 7.92. The summed E-state index contributed by atoms with van der Waals surface area (Å²) in [5.74, 6) is 0.0518. The lowest BCUT2D eigenvalue weighted by molar-refractivity contribution is 0.601. The van der Waals surface area contributed by atoms with Crippen LogP contribution in [0.25, 0.3) is 0 Å². The fraction of sp³-hybridized carbons (Fsp3) is 0.167. The van der Waals surface area contributed by atoms with Crippen LogP contribution in [0.4, 0.5) is 11.5 Å². The molecule has 0 amide bonds. The first kappa shape index (κ1) is 14.1. The fourth-order valence-electron chi connectivity index (χ4n) is 1.63. The van der Waals surface area contributed by atoms with Crippen LogP contribution in [0.2, 0.25) is 0 Å². The maximum atomic E-state index is 12.3. The van der Waals surface area contributed by atoms with Crippen molar-refractivity contribution < 1.29 is 8.42 Å². The molecule has 1 aromatic heterocycles. The summed E-state index contributed by atoms with van der Waals surface area (Å²) in [7, 11) is -3.78. The minimum absolute atomic E-state index is 0.0518. The topological polar surface area (TPSA) is 104 Å². The van der Waals surface area contributed by atoms with Crippen molar-refractivity contribution >= 4 is 21.5 Å². The second-order valence-corrected chi connectivity index (χ2v) is 5.59. The summed E-state index contributed by atoms with van der Waals surface area (Å²) in [4.78, 5) is 11.0. The third kappa shape index (κ3) is 3.15. The van der Waals surface area contributed by atoms with E-state index in [-0.39, 0.29) is 10.7 Å². The van der Waals surface area contributed by atoms with Crippen molar-refractivity contribution in [3.63, 3.8) is 0 Å². The van der Waals surface area contributed by atoms with Crippen LogP contribution in [0, 0.1) is 0 Å². The van der Waals surface area contributed by atoms with Crippen LogP contribution in [0.1, 0.15) is 6.92 Å². The second-order valence-electron chi connectivity index (χ2n) is 3.94. The van der Waals surface area contributed by atoms with Gasteiger partial charge in [-0.15, -0.1) is 0 Å². The molecule has 0 aliphatic rings. The quantitative estimate of drug-likeness (QED) is 0.763. The summed E-state index contributed by atoms with van der Waals surface area (Å²) >= 11 is 0. The van der Waals surface area contributed by atoms with Crippen molar-refractivity contribution in [3.8, 4) is 0 Å². The van der Waals surface area contributed by atoms with Gasteiger partial charge in [-0.25, -0.2) is 13.5 Å². The highest BCUT2D eigenvalue weighted by atomic mass is 32.2. The standard InChI is InChI=1S/C12H14N4O3S/c1-2-13-9-5-3-4-6-10(9)20(18,19)16-11-7-8-12(17)15-14-11/h3-8,13H,2H2,1H3,(H,14,16)(H,15,17). The van der Waals surface area contributed by atoms with E-state index in [1.807, 2.05) is 6.92 Å². The summed E-state index contributed by atoms with van der Waals surface area (Å²) in [5, 5.41) is 8.76. The zero-order valence-corrected chi connectivity index (χ0v) is 11.6. The first-order valence-electron chi connectivity index (χ1n) is 5.94. The molecule has 7 nitrogen and oxygen atoms in total. The molecule has 3 N–H and O–H groups in total. The first-order valence-corrected chi connectivity index (χ1v) is 7.42. The Morgan fingerprint density at radius 1 is 1.20 bits per heavy atom. The zero-order valence-electron chi connectivity index (χ0n) is 10.8. The molecule has 0 aliphatic heterocycles. The maximum absolute atomic E-state index is 12.3. The van der Waals surface area contributed by atoms with E-state index < -0.39 is 15.6 Å². The Hall–Kier alpha value is -2.35. The zero-order chi connectivity index (χ0) is 14.6. The number of nitrogens with zero attached hydrogens (tertiary/aromatic N) is 1. The Kier molecular flexibility index (Phi) is 4.04. The van der Waals surface area contributed by atoms with E-state index in [0.717, 1.165) is 0 Å². The first-order chi connectivity index (χ1) is 9.53. The molecule has 2 rings (SSSR count). The van der Waals surface area contributed by atoms with Crippen LogP contribution < -0.4 is 15.6 Å². The number of rotatable bonds is 5. The van der Waals surface area contributed by atoms with E-state index >= 15 is 0 Å². The largest absolute Gasteiger partial charge is 0.384 e. The lowest BCUT2D eigenvalue weighted by Gasteiger charge is -2.12. The Morgan fingerprint density at radius 2 is 1.95 bits per heavy atom. The molecule has 0 unspecified atom stereocenters. The predicted octanol–water partition coefficient (Wildman–Crippen LogP) is 1.00. The number of aromatic nitrogens is 2.